The Labute approximate surface area is 126 Å². The molecule has 0 fully saturated rings. The van der Waals surface area contributed by atoms with Gasteiger partial charge in [-0.25, -0.2) is 4.98 Å². The smallest absolute Gasteiger partial charge is 0.297 e. The molecule has 3 aromatic rings. The summed E-state index contributed by atoms with van der Waals surface area (Å²) in [4.78, 5) is 28.6. The highest BCUT2D eigenvalue weighted by Gasteiger charge is 2.14. The Morgan fingerprint density at radius 3 is 2.95 bits per heavy atom. The van der Waals surface area contributed by atoms with Crippen LogP contribution in [0.4, 0.5) is 0 Å². The number of hydrogen-bond donors (Lipinski definition) is 1. The second-order valence-electron chi connectivity index (χ2n) is 5.33. The first-order valence-electron chi connectivity index (χ1n) is 7.26. The molecule has 0 radical (unpaired) electrons. The average Bonchev–Trinajstić information content (AvgIpc) is 2.89. The molecule has 1 N–H and O–H groups in total. The van der Waals surface area contributed by atoms with Crippen LogP contribution in [0.2, 0.25) is 0 Å². The van der Waals surface area contributed by atoms with Crippen LogP contribution in [0.25, 0.3) is 22.1 Å². The molecule has 0 aliphatic carbocycles. The lowest BCUT2D eigenvalue weighted by Crippen LogP contribution is -2.37. The highest BCUT2D eigenvalue weighted by Crippen LogP contribution is 2.23. The van der Waals surface area contributed by atoms with Gasteiger partial charge in [-0.15, -0.1) is 0 Å². The molecule has 0 aliphatic heterocycles. The molecule has 1 atom stereocenters. The lowest BCUT2D eigenvalue weighted by Gasteiger charge is -2.11. The Bertz CT molecular complexity index is 894. The number of carbonyl (C=O) groups is 1. The standard InChI is InChI=1S/C16H17N3O3/c1-3-10(2)18-13(20)8-19-9-17-14-11-6-4-5-7-12(11)22-15(14)16(19)21/h4-7,9-10H,3,8H2,1-2H3,(H,18,20)/t10-/m0/s1. The van der Waals surface area contributed by atoms with Crippen molar-refractivity contribution in [2.45, 2.75) is 32.9 Å². The normalized spacial score (nSPS) is 12.6. The number of carbonyl (C=O) groups excluding carboxylic acids is 1. The van der Waals surface area contributed by atoms with Gasteiger partial charge in [0.1, 0.15) is 17.6 Å². The number of nitrogens with zero attached hydrogens (tertiary/aromatic N) is 2. The van der Waals surface area contributed by atoms with E-state index in [2.05, 4.69) is 10.3 Å². The van der Waals surface area contributed by atoms with Gasteiger partial charge in [-0.1, -0.05) is 19.1 Å². The van der Waals surface area contributed by atoms with E-state index in [1.165, 1.54) is 10.9 Å². The van der Waals surface area contributed by atoms with Crippen LogP contribution in [0, 0.1) is 0 Å². The quantitative estimate of drug-likeness (QED) is 0.800. The molecule has 2 aromatic heterocycles. The van der Waals surface area contributed by atoms with E-state index in [0.717, 1.165) is 11.8 Å². The summed E-state index contributed by atoms with van der Waals surface area (Å²) < 4.78 is 6.85. The predicted octanol–water partition coefficient (Wildman–Crippen LogP) is 2.06. The molecule has 3 rings (SSSR count). The van der Waals surface area contributed by atoms with Gasteiger partial charge in [0, 0.05) is 11.4 Å². The van der Waals surface area contributed by atoms with Crippen molar-refractivity contribution in [1.82, 2.24) is 14.9 Å². The predicted molar refractivity (Wildman–Crippen MR) is 83.7 cm³/mol. The third-order valence-electron chi connectivity index (χ3n) is 3.68. The summed E-state index contributed by atoms with van der Waals surface area (Å²) in [7, 11) is 0. The van der Waals surface area contributed by atoms with Crippen LogP contribution in [-0.2, 0) is 11.3 Å². The molecule has 22 heavy (non-hydrogen) atoms. The van der Waals surface area contributed by atoms with Crippen molar-refractivity contribution in [1.29, 1.82) is 0 Å². The molecule has 2 heterocycles. The summed E-state index contributed by atoms with van der Waals surface area (Å²) in [6, 6.07) is 7.42. The van der Waals surface area contributed by atoms with Gasteiger partial charge in [0.05, 0.1) is 6.33 Å². The maximum atomic E-state index is 12.4. The van der Waals surface area contributed by atoms with Gasteiger partial charge < -0.3 is 9.73 Å². The van der Waals surface area contributed by atoms with Crippen molar-refractivity contribution in [3.63, 3.8) is 0 Å². The highest BCUT2D eigenvalue weighted by molar-refractivity contribution is 6.01. The van der Waals surface area contributed by atoms with Gasteiger partial charge in [0.15, 0.2) is 0 Å². The second-order valence-corrected chi connectivity index (χ2v) is 5.33. The van der Waals surface area contributed by atoms with Gasteiger partial charge >= 0.3 is 0 Å². The zero-order valence-corrected chi connectivity index (χ0v) is 12.5. The van der Waals surface area contributed by atoms with Crippen LogP contribution < -0.4 is 10.9 Å². The first-order chi connectivity index (χ1) is 10.6. The van der Waals surface area contributed by atoms with Crippen LogP contribution in [0.3, 0.4) is 0 Å². The fourth-order valence-electron chi connectivity index (χ4n) is 2.31. The first-order valence-corrected chi connectivity index (χ1v) is 7.26. The van der Waals surface area contributed by atoms with E-state index < -0.39 is 0 Å². The van der Waals surface area contributed by atoms with Crippen LogP contribution in [0.5, 0.6) is 0 Å². The van der Waals surface area contributed by atoms with E-state index in [1.54, 1.807) is 6.07 Å². The molecule has 6 nitrogen and oxygen atoms in total. The fraction of sp³-hybridized carbons (Fsp3) is 0.312. The third kappa shape index (κ3) is 2.47. The van der Waals surface area contributed by atoms with Gasteiger partial charge in [-0.3, -0.25) is 14.2 Å². The molecule has 0 saturated carbocycles. The lowest BCUT2D eigenvalue weighted by molar-refractivity contribution is -0.122. The van der Waals surface area contributed by atoms with E-state index in [-0.39, 0.29) is 29.6 Å². The zero-order chi connectivity index (χ0) is 15.7. The Morgan fingerprint density at radius 1 is 1.41 bits per heavy atom. The number of rotatable bonds is 4. The largest absolute Gasteiger partial charge is 0.448 e. The third-order valence-corrected chi connectivity index (χ3v) is 3.68. The summed E-state index contributed by atoms with van der Waals surface area (Å²) >= 11 is 0. The number of nitrogens with one attached hydrogen (secondary N) is 1. The summed E-state index contributed by atoms with van der Waals surface area (Å²) in [5, 5.41) is 3.62. The van der Waals surface area contributed by atoms with Crippen LogP contribution in [-0.4, -0.2) is 21.5 Å². The van der Waals surface area contributed by atoms with Gasteiger partial charge in [-0.2, -0.15) is 0 Å². The van der Waals surface area contributed by atoms with Gasteiger partial charge in [0.25, 0.3) is 5.56 Å². The SMILES string of the molecule is CC[C@H](C)NC(=O)Cn1cnc2c(oc3ccccc32)c1=O. The van der Waals surface area contributed by atoms with Crippen molar-refractivity contribution >= 4 is 28.0 Å². The van der Waals surface area contributed by atoms with Crippen LogP contribution >= 0.6 is 0 Å². The topological polar surface area (TPSA) is 77.1 Å². The highest BCUT2D eigenvalue weighted by atomic mass is 16.3. The van der Waals surface area contributed by atoms with Crippen LogP contribution in [0.15, 0.2) is 39.8 Å². The molecule has 1 aromatic carbocycles. The van der Waals surface area contributed by atoms with Crippen molar-refractivity contribution in [2.24, 2.45) is 0 Å². The average molecular weight is 299 g/mol. The molecule has 0 aliphatic rings. The summed E-state index contributed by atoms with van der Waals surface area (Å²) in [5.74, 6) is -0.214. The molecule has 6 heteroatoms. The summed E-state index contributed by atoms with van der Waals surface area (Å²) in [5.41, 5.74) is 0.976. The van der Waals surface area contributed by atoms with Crippen molar-refractivity contribution < 1.29 is 9.21 Å². The molecule has 0 bridgehead atoms. The van der Waals surface area contributed by atoms with Gasteiger partial charge in [-0.05, 0) is 25.5 Å². The first kappa shape index (κ1) is 14.3. The Morgan fingerprint density at radius 2 is 2.18 bits per heavy atom. The van der Waals surface area contributed by atoms with Crippen molar-refractivity contribution in [2.75, 3.05) is 0 Å². The fourth-order valence-corrected chi connectivity index (χ4v) is 2.31. The zero-order valence-electron chi connectivity index (χ0n) is 12.5. The van der Waals surface area contributed by atoms with E-state index in [9.17, 15) is 9.59 Å². The number of para-hydroxylation sites is 1. The number of benzene rings is 1. The lowest BCUT2D eigenvalue weighted by atomic mass is 10.2. The number of furan rings is 1. The number of fused-ring (bicyclic) bond motifs is 3. The van der Waals surface area contributed by atoms with E-state index in [4.69, 9.17) is 4.42 Å². The van der Waals surface area contributed by atoms with Gasteiger partial charge in [0.2, 0.25) is 11.5 Å². The Hall–Kier alpha value is -2.63. The maximum absolute atomic E-state index is 12.4. The van der Waals surface area contributed by atoms with Crippen molar-refractivity contribution in [3.8, 4) is 0 Å². The molecule has 0 spiro atoms. The Kier molecular flexibility index (Phi) is 3.66. The minimum Gasteiger partial charge on any atom is -0.448 e. The van der Waals surface area contributed by atoms with E-state index in [1.807, 2.05) is 32.0 Å². The molecular weight excluding hydrogens is 282 g/mol. The molecule has 0 unspecified atom stereocenters. The number of amides is 1. The minimum absolute atomic E-state index is 0.0663. The van der Waals surface area contributed by atoms with E-state index >= 15 is 0 Å². The summed E-state index contributed by atoms with van der Waals surface area (Å²) in [6.45, 7) is 3.84. The Balaban J connectivity index is 1.98. The molecule has 0 saturated heterocycles. The molecule has 1 amide bonds. The van der Waals surface area contributed by atoms with Crippen LogP contribution in [0.1, 0.15) is 20.3 Å². The van der Waals surface area contributed by atoms with Crippen molar-refractivity contribution in [3.05, 3.63) is 40.9 Å². The minimum atomic E-state index is -0.347. The monoisotopic (exact) mass is 299 g/mol. The maximum Gasteiger partial charge on any atom is 0.297 e. The summed E-state index contributed by atoms with van der Waals surface area (Å²) in [6.07, 6.45) is 2.23. The van der Waals surface area contributed by atoms with E-state index in [0.29, 0.717) is 11.1 Å². The number of aromatic nitrogens is 2. The molecule has 114 valence electrons. The second kappa shape index (κ2) is 5.63. The molecular formula is C16H17N3O3. The number of hydrogen-bond acceptors (Lipinski definition) is 4.